The van der Waals surface area contributed by atoms with Crippen molar-refractivity contribution in [3.8, 4) is 22.6 Å². The number of hydrogen-bond acceptors (Lipinski definition) is 5. The molecule has 33 heavy (non-hydrogen) atoms. The molecule has 1 spiro atoms. The van der Waals surface area contributed by atoms with Crippen molar-refractivity contribution in [2.45, 2.75) is 42.4 Å². The molecule has 6 heteroatoms. The van der Waals surface area contributed by atoms with Gasteiger partial charge in [-0.05, 0) is 67.4 Å². The highest BCUT2D eigenvalue weighted by atomic mass is 35.5. The van der Waals surface area contributed by atoms with Crippen LogP contribution < -0.4 is 9.47 Å². The molecule has 4 atom stereocenters. The molecule has 2 aliphatic heterocycles. The fourth-order valence-electron chi connectivity index (χ4n) is 7.06. The van der Waals surface area contributed by atoms with Crippen LogP contribution in [0.4, 0.5) is 0 Å². The molecule has 3 aromatic rings. The minimum atomic E-state index is -0.942. The molecule has 4 aliphatic rings. The average Bonchev–Trinajstić information content (AvgIpc) is 3.17. The van der Waals surface area contributed by atoms with Crippen molar-refractivity contribution in [1.82, 2.24) is 9.88 Å². The number of aliphatic hydroxyl groups is 1. The lowest BCUT2D eigenvalue weighted by molar-refractivity contribution is -0.168. The van der Waals surface area contributed by atoms with Gasteiger partial charge in [-0.15, -0.1) is 0 Å². The van der Waals surface area contributed by atoms with Crippen molar-refractivity contribution >= 4 is 11.6 Å². The highest BCUT2D eigenvalue weighted by Gasteiger charge is 2.72. The van der Waals surface area contributed by atoms with Gasteiger partial charge in [-0.1, -0.05) is 29.8 Å². The first-order valence-electron chi connectivity index (χ1n) is 11.5. The molecule has 0 radical (unpaired) electrons. The molecule has 5 nitrogen and oxygen atoms in total. The van der Waals surface area contributed by atoms with Gasteiger partial charge in [0.1, 0.15) is 0 Å². The van der Waals surface area contributed by atoms with Gasteiger partial charge >= 0.3 is 0 Å². The van der Waals surface area contributed by atoms with Crippen LogP contribution in [0.3, 0.4) is 0 Å². The van der Waals surface area contributed by atoms with E-state index in [9.17, 15) is 5.11 Å². The van der Waals surface area contributed by atoms with Gasteiger partial charge in [-0.25, -0.2) is 0 Å². The van der Waals surface area contributed by atoms with Gasteiger partial charge in [0.25, 0.3) is 0 Å². The van der Waals surface area contributed by atoms with Crippen LogP contribution >= 0.6 is 11.6 Å². The first kappa shape index (κ1) is 19.8. The predicted molar refractivity (Wildman–Crippen MR) is 126 cm³/mol. The number of nitrogens with zero attached hydrogens (tertiary/aromatic N) is 2. The van der Waals surface area contributed by atoms with Crippen LogP contribution in [0.25, 0.3) is 11.1 Å². The summed E-state index contributed by atoms with van der Waals surface area (Å²) in [6.07, 6.45) is 3.78. The number of aromatic nitrogens is 1. The molecule has 0 amide bonds. The quantitative estimate of drug-likeness (QED) is 0.617. The Morgan fingerprint density at radius 2 is 1.97 bits per heavy atom. The lowest BCUT2D eigenvalue weighted by Crippen LogP contribution is -2.74. The summed E-state index contributed by atoms with van der Waals surface area (Å²) in [4.78, 5) is 7.28. The van der Waals surface area contributed by atoms with E-state index >= 15 is 0 Å². The maximum Gasteiger partial charge on any atom is 0.166 e. The number of benzene rings is 2. The topological polar surface area (TPSA) is 54.8 Å². The third-order valence-corrected chi connectivity index (χ3v) is 8.82. The maximum absolute atomic E-state index is 12.6. The van der Waals surface area contributed by atoms with Gasteiger partial charge < -0.3 is 19.5 Å². The van der Waals surface area contributed by atoms with Crippen LogP contribution in [0.5, 0.6) is 11.5 Å². The van der Waals surface area contributed by atoms with E-state index < -0.39 is 11.0 Å². The fraction of sp³-hybridized carbons (Fsp3) is 0.370. The second kappa shape index (κ2) is 6.50. The van der Waals surface area contributed by atoms with E-state index in [1.807, 2.05) is 36.5 Å². The van der Waals surface area contributed by atoms with Gasteiger partial charge in [-0.2, -0.15) is 0 Å². The number of piperidine rings is 1. The predicted octanol–water partition coefficient (Wildman–Crippen LogP) is 4.33. The van der Waals surface area contributed by atoms with Crippen LogP contribution in [0.2, 0.25) is 5.02 Å². The van der Waals surface area contributed by atoms with Gasteiger partial charge in [0.2, 0.25) is 0 Å². The number of rotatable bonds is 2. The van der Waals surface area contributed by atoms with Crippen LogP contribution in [0.15, 0.2) is 48.7 Å². The smallest absolute Gasteiger partial charge is 0.166 e. The van der Waals surface area contributed by atoms with Crippen LogP contribution in [-0.4, -0.2) is 47.3 Å². The summed E-state index contributed by atoms with van der Waals surface area (Å²) in [5, 5.41) is 13.3. The molecule has 168 valence electrons. The van der Waals surface area contributed by atoms with Crippen molar-refractivity contribution in [3.63, 3.8) is 0 Å². The lowest BCUT2D eigenvalue weighted by atomic mass is 9.49. The third-order valence-electron chi connectivity index (χ3n) is 8.57. The second-order valence-corrected chi connectivity index (χ2v) is 10.4. The number of fused-ring (bicyclic) bond motifs is 2. The van der Waals surface area contributed by atoms with E-state index in [2.05, 4.69) is 24.1 Å². The van der Waals surface area contributed by atoms with Crippen molar-refractivity contribution in [2.24, 2.45) is 0 Å². The highest BCUT2D eigenvalue weighted by molar-refractivity contribution is 6.30. The zero-order valence-electron chi connectivity index (χ0n) is 18.6. The number of likely N-dealkylation sites (tertiary alicyclic amines) is 1. The van der Waals surface area contributed by atoms with Crippen LogP contribution in [0, 0.1) is 0 Å². The Morgan fingerprint density at radius 3 is 2.76 bits per heavy atom. The average molecular weight is 461 g/mol. The Morgan fingerprint density at radius 1 is 1.15 bits per heavy atom. The Bertz CT molecular complexity index is 1310. The summed E-state index contributed by atoms with van der Waals surface area (Å²) < 4.78 is 12.4. The van der Waals surface area contributed by atoms with E-state index in [1.165, 1.54) is 5.56 Å². The van der Waals surface area contributed by atoms with Gasteiger partial charge in [0, 0.05) is 34.8 Å². The van der Waals surface area contributed by atoms with Crippen molar-refractivity contribution < 1.29 is 14.6 Å². The Balaban J connectivity index is 1.46. The number of likely N-dealkylation sites (N-methyl/N-ethyl adjacent to an activating group) is 1. The summed E-state index contributed by atoms with van der Waals surface area (Å²) in [6, 6.07) is 14.2. The highest BCUT2D eigenvalue weighted by Crippen LogP contribution is 2.68. The molecule has 2 aliphatic carbocycles. The SMILES string of the molecule is COc1ccc2c3c1O[C@H]1c4ncc(-c5ccc(Cl)cc5)cc4C[C@@]4(O)[C@H](C2)N(C)CC[C@]314. The Labute approximate surface area is 197 Å². The molecule has 0 unspecified atom stereocenters. The number of ether oxygens (including phenoxy) is 2. The molecular weight excluding hydrogens is 436 g/mol. The monoisotopic (exact) mass is 460 g/mol. The normalized spacial score (nSPS) is 30.9. The van der Waals surface area contributed by atoms with Crippen LogP contribution in [-0.2, 0) is 18.3 Å². The van der Waals surface area contributed by atoms with Crippen molar-refractivity contribution in [2.75, 3.05) is 20.7 Å². The summed E-state index contributed by atoms with van der Waals surface area (Å²) in [6.45, 7) is 0.918. The molecular formula is C27H25ClN2O3. The summed E-state index contributed by atoms with van der Waals surface area (Å²) >= 11 is 6.09. The minimum Gasteiger partial charge on any atom is -0.493 e. The molecule has 7 rings (SSSR count). The number of hydrogen-bond donors (Lipinski definition) is 1. The molecule has 1 fully saturated rings. The number of methoxy groups -OCH3 is 1. The van der Waals surface area contributed by atoms with E-state index in [0.717, 1.165) is 58.8 Å². The summed E-state index contributed by atoms with van der Waals surface area (Å²) in [5.74, 6) is 1.52. The number of halogens is 1. The van der Waals surface area contributed by atoms with E-state index in [0.29, 0.717) is 11.4 Å². The van der Waals surface area contributed by atoms with E-state index in [-0.39, 0.29) is 12.1 Å². The maximum atomic E-state index is 12.6. The minimum absolute atomic E-state index is 0.0246. The number of pyridine rings is 1. The van der Waals surface area contributed by atoms with Gasteiger partial charge in [-0.3, -0.25) is 4.98 Å². The van der Waals surface area contributed by atoms with E-state index in [4.69, 9.17) is 26.1 Å². The fourth-order valence-corrected chi connectivity index (χ4v) is 7.19. The molecule has 2 bridgehead atoms. The van der Waals surface area contributed by atoms with Gasteiger partial charge in [0.15, 0.2) is 17.6 Å². The Hall–Kier alpha value is -2.60. The summed E-state index contributed by atoms with van der Waals surface area (Å²) in [5.41, 5.74) is 5.03. The Kier molecular flexibility index (Phi) is 3.91. The van der Waals surface area contributed by atoms with E-state index in [1.54, 1.807) is 7.11 Å². The zero-order valence-corrected chi connectivity index (χ0v) is 19.4. The molecule has 3 heterocycles. The first-order chi connectivity index (χ1) is 16.0. The zero-order chi connectivity index (χ0) is 22.5. The molecule has 1 N–H and O–H groups in total. The molecule has 0 saturated carbocycles. The van der Waals surface area contributed by atoms with Crippen molar-refractivity contribution in [1.29, 1.82) is 0 Å². The standard InChI is InChI=1S/C27H25ClN2O3/c1-30-10-9-26-22-16-5-8-20(32-2)24(22)33-25(26)23-17(13-27(26,31)21(30)12-16)11-18(14-29-23)15-3-6-19(28)7-4-15/h3-8,11,14,21,25,31H,9-10,12-13H2,1-2H3/t21-,25-,26-,27+/m0/s1. The molecule has 2 aromatic carbocycles. The largest absolute Gasteiger partial charge is 0.493 e. The first-order valence-corrected chi connectivity index (χ1v) is 11.9. The lowest BCUT2D eigenvalue weighted by Gasteiger charge is -2.62. The van der Waals surface area contributed by atoms with Gasteiger partial charge in [0.05, 0.1) is 23.8 Å². The third kappa shape index (κ3) is 2.33. The molecule has 1 saturated heterocycles. The summed E-state index contributed by atoms with van der Waals surface area (Å²) in [7, 11) is 3.81. The van der Waals surface area contributed by atoms with Crippen molar-refractivity contribution in [3.05, 3.63) is 76.1 Å². The second-order valence-electron chi connectivity index (χ2n) is 9.93. The molecule has 1 aromatic heterocycles. The van der Waals surface area contributed by atoms with Crippen LogP contribution in [0.1, 0.15) is 34.9 Å².